The monoisotopic (exact) mass is 499 g/mol. The third-order valence-electron chi connectivity index (χ3n) is 4.91. The van der Waals surface area contributed by atoms with Crippen molar-refractivity contribution in [1.29, 1.82) is 0 Å². The van der Waals surface area contributed by atoms with E-state index in [0.29, 0.717) is 16.1 Å². The summed E-state index contributed by atoms with van der Waals surface area (Å²) in [7, 11) is 0. The van der Waals surface area contributed by atoms with E-state index in [2.05, 4.69) is 5.32 Å². The molecular formula is C26H29NO7S. The second-order valence-electron chi connectivity index (χ2n) is 9.13. The van der Waals surface area contributed by atoms with Gasteiger partial charge in [-0.3, -0.25) is 14.4 Å². The molecule has 9 heteroatoms. The standard InChI is InChI=1S/C26H29NO7S/c1-15(28)32-19-12-10-17(14-20(19)33-16(2)29)11-13-22(30)27-24-23(25(31)34-26(3,4)5)18-8-6-7-9-21(18)35-24/h10-14H,6-9H2,1-5H3,(H,27,30). The average Bonchev–Trinajstić information content (AvgIpc) is 3.09. The molecule has 1 amide bonds. The molecule has 0 radical (unpaired) electrons. The lowest BCUT2D eigenvalue weighted by atomic mass is 9.95. The Morgan fingerprint density at radius 3 is 2.29 bits per heavy atom. The number of carbonyl (C=O) groups is 4. The molecule has 186 valence electrons. The van der Waals surface area contributed by atoms with E-state index in [0.717, 1.165) is 36.1 Å². The van der Waals surface area contributed by atoms with E-state index in [-0.39, 0.29) is 11.5 Å². The molecule has 0 saturated carbocycles. The first-order valence-corrected chi connectivity index (χ1v) is 12.1. The van der Waals surface area contributed by atoms with E-state index < -0.39 is 29.4 Å². The molecule has 0 bridgehead atoms. The zero-order chi connectivity index (χ0) is 25.8. The topological polar surface area (TPSA) is 108 Å². The van der Waals surface area contributed by atoms with Crippen molar-refractivity contribution >= 4 is 46.2 Å². The summed E-state index contributed by atoms with van der Waals surface area (Å²) < 4.78 is 15.8. The number of esters is 3. The molecule has 0 spiro atoms. The minimum absolute atomic E-state index is 0.0633. The predicted octanol–water partition coefficient (Wildman–Crippen LogP) is 5.08. The minimum atomic E-state index is -0.653. The average molecular weight is 500 g/mol. The second-order valence-corrected chi connectivity index (χ2v) is 10.2. The van der Waals surface area contributed by atoms with Gasteiger partial charge in [-0.15, -0.1) is 11.3 Å². The third kappa shape index (κ3) is 7.26. The first kappa shape index (κ1) is 26.2. The van der Waals surface area contributed by atoms with Gasteiger partial charge in [0, 0.05) is 24.8 Å². The highest BCUT2D eigenvalue weighted by molar-refractivity contribution is 7.17. The minimum Gasteiger partial charge on any atom is -0.456 e. The number of aryl methyl sites for hydroxylation is 1. The Hall–Kier alpha value is -3.46. The van der Waals surface area contributed by atoms with Crippen LogP contribution in [-0.2, 0) is 32.0 Å². The molecule has 0 unspecified atom stereocenters. The third-order valence-corrected chi connectivity index (χ3v) is 6.12. The lowest BCUT2D eigenvalue weighted by Crippen LogP contribution is -2.25. The van der Waals surface area contributed by atoms with Gasteiger partial charge in [-0.05, 0) is 75.8 Å². The molecule has 2 aromatic rings. The molecule has 35 heavy (non-hydrogen) atoms. The van der Waals surface area contributed by atoms with E-state index in [4.69, 9.17) is 14.2 Å². The van der Waals surface area contributed by atoms with Gasteiger partial charge < -0.3 is 19.5 Å². The highest BCUT2D eigenvalue weighted by Crippen LogP contribution is 2.39. The van der Waals surface area contributed by atoms with Crippen molar-refractivity contribution in [3.63, 3.8) is 0 Å². The van der Waals surface area contributed by atoms with E-state index in [1.165, 1.54) is 49.5 Å². The number of carbonyl (C=O) groups excluding carboxylic acids is 4. The molecular weight excluding hydrogens is 470 g/mol. The van der Waals surface area contributed by atoms with Crippen LogP contribution in [0.2, 0.25) is 0 Å². The van der Waals surface area contributed by atoms with Gasteiger partial charge in [0.15, 0.2) is 11.5 Å². The van der Waals surface area contributed by atoms with Gasteiger partial charge in [0.25, 0.3) is 0 Å². The number of ether oxygens (including phenoxy) is 3. The van der Waals surface area contributed by atoms with Crippen LogP contribution in [-0.4, -0.2) is 29.4 Å². The molecule has 0 fully saturated rings. The van der Waals surface area contributed by atoms with Crippen LogP contribution in [0.25, 0.3) is 6.08 Å². The highest BCUT2D eigenvalue weighted by Gasteiger charge is 2.29. The first-order chi connectivity index (χ1) is 16.4. The van der Waals surface area contributed by atoms with Crippen molar-refractivity contribution in [2.45, 2.75) is 65.9 Å². The van der Waals surface area contributed by atoms with Crippen LogP contribution in [0.4, 0.5) is 5.00 Å². The Morgan fingerprint density at radius 2 is 1.63 bits per heavy atom. The van der Waals surface area contributed by atoms with Gasteiger partial charge in [-0.25, -0.2) is 4.79 Å². The van der Waals surface area contributed by atoms with Crippen molar-refractivity contribution in [3.8, 4) is 11.5 Å². The predicted molar refractivity (Wildman–Crippen MR) is 133 cm³/mol. The summed E-state index contributed by atoms with van der Waals surface area (Å²) in [6, 6.07) is 4.58. The Balaban J connectivity index is 1.82. The van der Waals surface area contributed by atoms with Crippen LogP contribution in [0, 0.1) is 0 Å². The molecule has 3 rings (SSSR count). The van der Waals surface area contributed by atoms with Gasteiger partial charge in [0.2, 0.25) is 5.91 Å². The van der Waals surface area contributed by atoms with Crippen molar-refractivity contribution in [1.82, 2.24) is 0 Å². The van der Waals surface area contributed by atoms with Crippen molar-refractivity contribution in [3.05, 3.63) is 45.8 Å². The van der Waals surface area contributed by atoms with Gasteiger partial charge in [-0.2, -0.15) is 0 Å². The first-order valence-electron chi connectivity index (χ1n) is 11.3. The number of fused-ring (bicyclic) bond motifs is 1. The van der Waals surface area contributed by atoms with Crippen LogP contribution >= 0.6 is 11.3 Å². The highest BCUT2D eigenvalue weighted by atomic mass is 32.1. The molecule has 1 aliphatic carbocycles. The summed E-state index contributed by atoms with van der Waals surface area (Å²) in [5.74, 6) is -1.84. The molecule has 1 aromatic heterocycles. The molecule has 0 aliphatic heterocycles. The Bertz CT molecular complexity index is 1190. The molecule has 1 aromatic carbocycles. The fraction of sp³-hybridized carbons (Fsp3) is 0.385. The largest absolute Gasteiger partial charge is 0.456 e. The van der Waals surface area contributed by atoms with E-state index in [1.807, 2.05) is 20.8 Å². The smallest absolute Gasteiger partial charge is 0.341 e. The van der Waals surface area contributed by atoms with Crippen LogP contribution in [0.5, 0.6) is 11.5 Å². The number of thiophene rings is 1. The van der Waals surface area contributed by atoms with E-state index in [1.54, 1.807) is 6.07 Å². The maximum Gasteiger partial charge on any atom is 0.341 e. The Labute approximate surface area is 208 Å². The van der Waals surface area contributed by atoms with E-state index in [9.17, 15) is 19.2 Å². The lowest BCUT2D eigenvalue weighted by Gasteiger charge is -2.21. The van der Waals surface area contributed by atoms with Gasteiger partial charge >= 0.3 is 17.9 Å². The molecule has 1 aliphatic rings. The summed E-state index contributed by atoms with van der Waals surface area (Å²) in [5, 5.41) is 3.30. The number of anilines is 1. The molecule has 1 N–H and O–H groups in total. The summed E-state index contributed by atoms with van der Waals surface area (Å²) in [6.45, 7) is 7.89. The fourth-order valence-electron chi connectivity index (χ4n) is 3.63. The summed E-state index contributed by atoms with van der Waals surface area (Å²) >= 11 is 1.41. The Kier molecular flexibility index (Phi) is 8.11. The van der Waals surface area contributed by atoms with Crippen LogP contribution in [0.15, 0.2) is 24.3 Å². The SMILES string of the molecule is CC(=O)Oc1ccc(C=CC(=O)Nc2sc3c(c2C(=O)OC(C)(C)C)CCCC3)cc1OC(C)=O. The normalized spacial score (nSPS) is 13.2. The van der Waals surface area contributed by atoms with Crippen molar-refractivity contribution in [2.24, 2.45) is 0 Å². The number of amides is 1. The number of benzene rings is 1. The number of nitrogens with one attached hydrogen (secondary N) is 1. The quantitative estimate of drug-likeness (QED) is 0.335. The van der Waals surface area contributed by atoms with Gasteiger partial charge in [0.1, 0.15) is 10.6 Å². The van der Waals surface area contributed by atoms with Gasteiger partial charge in [0.05, 0.1) is 5.56 Å². The van der Waals surface area contributed by atoms with Gasteiger partial charge in [-0.1, -0.05) is 6.07 Å². The second kappa shape index (κ2) is 10.9. The number of hydrogen-bond donors (Lipinski definition) is 1. The van der Waals surface area contributed by atoms with Crippen LogP contribution in [0.1, 0.15) is 73.8 Å². The van der Waals surface area contributed by atoms with Crippen LogP contribution in [0.3, 0.4) is 0 Å². The number of hydrogen-bond acceptors (Lipinski definition) is 8. The zero-order valence-electron chi connectivity index (χ0n) is 20.5. The number of rotatable bonds is 6. The molecule has 8 nitrogen and oxygen atoms in total. The van der Waals surface area contributed by atoms with Crippen LogP contribution < -0.4 is 14.8 Å². The van der Waals surface area contributed by atoms with E-state index >= 15 is 0 Å². The molecule has 0 saturated heterocycles. The van der Waals surface area contributed by atoms with Crippen molar-refractivity contribution in [2.75, 3.05) is 5.32 Å². The lowest BCUT2D eigenvalue weighted by molar-refractivity contribution is -0.134. The summed E-state index contributed by atoms with van der Waals surface area (Å²) in [6.07, 6.45) is 6.52. The summed E-state index contributed by atoms with van der Waals surface area (Å²) in [4.78, 5) is 49.5. The zero-order valence-corrected chi connectivity index (χ0v) is 21.3. The molecule has 1 heterocycles. The van der Waals surface area contributed by atoms with Crippen molar-refractivity contribution < 1.29 is 33.4 Å². The Morgan fingerprint density at radius 1 is 0.971 bits per heavy atom. The maximum atomic E-state index is 12.9. The molecule has 0 atom stereocenters. The fourth-order valence-corrected chi connectivity index (χ4v) is 4.91. The summed E-state index contributed by atoms with van der Waals surface area (Å²) in [5.41, 5.74) is 1.29. The maximum absolute atomic E-state index is 12.9.